The summed E-state index contributed by atoms with van der Waals surface area (Å²) in [5.41, 5.74) is 0.256. The van der Waals surface area contributed by atoms with Crippen molar-refractivity contribution in [3.05, 3.63) is 12.2 Å². The molecule has 1 N–H and O–H groups in total. The fraction of sp³-hybridized carbons (Fsp3) is 0.667. The summed E-state index contributed by atoms with van der Waals surface area (Å²) >= 11 is 0. The van der Waals surface area contributed by atoms with Crippen LogP contribution in [0.15, 0.2) is 12.2 Å². The standard InChI is InChI=1S/C12H20O5/c1-4-16-12(15)9(2)8-11(14)6-5-7-17-10(3)13/h11,14H,2,4-8H2,1,3H3. The number of hydrogen-bond donors (Lipinski definition) is 1. The van der Waals surface area contributed by atoms with E-state index in [2.05, 4.69) is 6.58 Å². The summed E-state index contributed by atoms with van der Waals surface area (Å²) in [6.07, 6.45) is 0.518. The normalized spacial score (nSPS) is 11.7. The highest BCUT2D eigenvalue weighted by Crippen LogP contribution is 2.10. The molecule has 0 fully saturated rings. The monoisotopic (exact) mass is 244 g/mol. The van der Waals surface area contributed by atoms with E-state index in [1.807, 2.05) is 0 Å². The average molecular weight is 244 g/mol. The van der Waals surface area contributed by atoms with Gasteiger partial charge in [0.1, 0.15) is 0 Å². The van der Waals surface area contributed by atoms with Crippen LogP contribution < -0.4 is 0 Å². The highest BCUT2D eigenvalue weighted by Gasteiger charge is 2.13. The van der Waals surface area contributed by atoms with Crippen LogP contribution in [0.25, 0.3) is 0 Å². The van der Waals surface area contributed by atoms with Gasteiger partial charge in [0.25, 0.3) is 0 Å². The Hall–Kier alpha value is -1.36. The maximum absolute atomic E-state index is 11.2. The second-order valence-corrected chi connectivity index (χ2v) is 3.66. The molecule has 0 aliphatic heterocycles. The van der Waals surface area contributed by atoms with Gasteiger partial charge in [-0.25, -0.2) is 4.79 Å². The van der Waals surface area contributed by atoms with Crippen molar-refractivity contribution in [3.8, 4) is 0 Å². The summed E-state index contributed by atoms with van der Waals surface area (Å²) in [4.78, 5) is 21.7. The van der Waals surface area contributed by atoms with Gasteiger partial charge >= 0.3 is 11.9 Å². The van der Waals surface area contributed by atoms with Crippen molar-refractivity contribution in [1.82, 2.24) is 0 Å². The van der Waals surface area contributed by atoms with Gasteiger partial charge in [-0.3, -0.25) is 4.79 Å². The molecule has 0 saturated heterocycles. The van der Waals surface area contributed by atoms with Crippen molar-refractivity contribution in [2.24, 2.45) is 0 Å². The van der Waals surface area contributed by atoms with Gasteiger partial charge in [-0.05, 0) is 19.8 Å². The van der Waals surface area contributed by atoms with Crippen LogP contribution >= 0.6 is 0 Å². The molecular formula is C12H20O5. The van der Waals surface area contributed by atoms with Crippen LogP contribution in [0.2, 0.25) is 0 Å². The van der Waals surface area contributed by atoms with Crippen LogP contribution in [0.4, 0.5) is 0 Å². The number of ether oxygens (including phenoxy) is 2. The minimum Gasteiger partial charge on any atom is -0.466 e. The molecule has 0 amide bonds. The average Bonchev–Trinajstić information content (AvgIpc) is 2.24. The predicted molar refractivity (Wildman–Crippen MR) is 62.3 cm³/mol. The lowest BCUT2D eigenvalue weighted by Crippen LogP contribution is -2.15. The molecule has 0 bridgehead atoms. The fourth-order valence-electron chi connectivity index (χ4n) is 1.24. The number of aliphatic hydroxyl groups is 1. The second-order valence-electron chi connectivity index (χ2n) is 3.66. The Morgan fingerprint density at radius 3 is 2.53 bits per heavy atom. The number of esters is 2. The quantitative estimate of drug-likeness (QED) is 0.394. The smallest absolute Gasteiger partial charge is 0.333 e. The van der Waals surface area contributed by atoms with Crippen molar-refractivity contribution < 1.29 is 24.2 Å². The van der Waals surface area contributed by atoms with E-state index in [1.165, 1.54) is 6.92 Å². The largest absolute Gasteiger partial charge is 0.466 e. The molecule has 98 valence electrons. The molecule has 1 unspecified atom stereocenters. The van der Waals surface area contributed by atoms with Crippen molar-refractivity contribution in [2.75, 3.05) is 13.2 Å². The van der Waals surface area contributed by atoms with E-state index in [-0.39, 0.29) is 24.6 Å². The van der Waals surface area contributed by atoms with Crippen LogP contribution in [0.1, 0.15) is 33.1 Å². The van der Waals surface area contributed by atoms with E-state index in [0.717, 1.165) is 0 Å². The first-order chi connectivity index (χ1) is 7.97. The number of hydrogen-bond acceptors (Lipinski definition) is 5. The molecule has 0 aromatic heterocycles. The van der Waals surface area contributed by atoms with Crippen LogP contribution in [-0.2, 0) is 19.1 Å². The highest BCUT2D eigenvalue weighted by atomic mass is 16.5. The molecular weight excluding hydrogens is 224 g/mol. The zero-order valence-corrected chi connectivity index (χ0v) is 10.4. The molecule has 0 aromatic carbocycles. The van der Waals surface area contributed by atoms with Crippen LogP contribution in [0.5, 0.6) is 0 Å². The van der Waals surface area contributed by atoms with Gasteiger partial charge in [0.2, 0.25) is 0 Å². The lowest BCUT2D eigenvalue weighted by Gasteiger charge is -2.11. The first-order valence-corrected chi connectivity index (χ1v) is 5.63. The van der Waals surface area contributed by atoms with Gasteiger partial charge in [-0.2, -0.15) is 0 Å². The van der Waals surface area contributed by atoms with E-state index in [0.29, 0.717) is 19.4 Å². The predicted octanol–water partition coefficient (Wildman–Crippen LogP) is 1.20. The van der Waals surface area contributed by atoms with Crippen LogP contribution in [-0.4, -0.2) is 36.4 Å². The molecule has 0 spiro atoms. The Morgan fingerprint density at radius 2 is 2.00 bits per heavy atom. The van der Waals surface area contributed by atoms with Gasteiger partial charge in [0.15, 0.2) is 0 Å². The first-order valence-electron chi connectivity index (χ1n) is 5.63. The Balaban J connectivity index is 3.70. The Kier molecular flexibility index (Phi) is 8.05. The first kappa shape index (κ1) is 15.6. The molecule has 0 aliphatic carbocycles. The van der Waals surface area contributed by atoms with Gasteiger partial charge in [-0.15, -0.1) is 0 Å². The van der Waals surface area contributed by atoms with Crippen LogP contribution in [0.3, 0.4) is 0 Å². The summed E-state index contributed by atoms with van der Waals surface area (Å²) in [6.45, 7) is 7.16. The summed E-state index contributed by atoms with van der Waals surface area (Å²) in [7, 11) is 0. The summed E-state index contributed by atoms with van der Waals surface area (Å²) in [5.74, 6) is -0.818. The third kappa shape index (κ3) is 8.45. The Labute approximate surface area is 101 Å². The maximum Gasteiger partial charge on any atom is 0.333 e. The third-order valence-electron chi connectivity index (χ3n) is 2.03. The molecule has 17 heavy (non-hydrogen) atoms. The summed E-state index contributed by atoms with van der Waals surface area (Å²) in [5, 5.41) is 9.59. The topological polar surface area (TPSA) is 72.8 Å². The number of rotatable bonds is 8. The van der Waals surface area contributed by atoms with E-state index in [1.54, 1.807) is 6.92 Å². The zero-order valence-electron chi connectivity index (χ0n) is 10.4. The number of carbonyl (C=O) groups is 2. The van der Waals surface area contributed by atoms with E-state index in [4.69, 9.17) is 9.47 Å². The van der Waals surface area contributed by atoms with Crippen molar-refractivity contribution in [3.63, 3.8) is 0 Å². The molecule has 5 heteroatoms. The fourth-order valence-corrected chi connectivity index (χ4v) is 1.24. The molecule has 0 radical (unpaired) electrons. The maximum atomic E-state index is 11.2. The van der Waals surface area contributed by atoms with E-state index >= 15 is 0 Å². The molecule has 0 saturated carbocycles. The third-order valence-corrected chi connectivity index (χ3v) is 2.03. The van der Waals surface area contributed by atoms with Crippen LogP contribution in [0, 0.1) is 0 Å². The van der Waals surface area contributed by atoms with Gasteiger partial charge < -0.3 is 14.6 Å². The lowest BCUT2D eigenvalue weighted by atomic mass is 10.1. The molecule has 0 aliphatic rings. The summed E-state index contributed by atoms with van der Waals surface area (Å²) < 4.78 is 9.46. The minimum atomic E-state index is -0.664. The molecule has 0 rings (SSSR count). The molecule has 0 heterocycles. The molecule has 1 atom stereocenters. The van der Waals surface area contributed by atoms with Crippen molar-refractivity contribution in [2.45, 2.75) is 39.2 Å². The SMILES string of the molecule is C=C(CC(O)CCCOC(C)=O)C(=O)OCC. The van der Waals surface area contributed by atoms with E-state index < -0.39 is 12.1 Å². The lowest BCUT2D eigenvalue weighted by molar-refractivity contribution is -0.141. The Bertz CT molecular complexity index is 272. The minimum absolute atomic E-state index is 0.179. The molecule has 0 aromatic rings. The van der Waals surface area contributed by atoms with Gasteiger partial charge in [-0.1, -0.05) is 6.58 Å². The van der Waals surface area contributed by atoms with Gasteiger partial charge in [0.05, 0.1) is 19.3 Å². The second kappa shape index (κ2) is 8.75. The zero-order chi connectivity index (χ0) is 13.3. The summed E-state index contributed by atoms with van der Waals surface area (Å²) in [6, 6.07) is 0. The van der Waals surface area contributed by atoms with Crippen molar-refractivity contribution in [1.29, 1.82) is 0 Å². The van der Waals surface area contributed by atoms with Gasteiger partial charge in [0, 0.05) is 18.9 Å². The Morgan fingerprint density at radius 1 is 1.35 bits per heavy atom. The van der Waals surface area contributed by atoms with E-state index in [9.17, 15) is 14.7 Å². The number of aliphatic hydroxyl groups excluding tert-OH is 1. The highest BCUT2D eigenvalue weighted by molar-refractivity contribution is 5.87. The van der Waals surface area contributed by atoms with Crippen molar-refractivity contribution >= 4 is 11.9 Å². The molecule has 5 nitrogen and oxygen atoms in total. The number of carbonyl (C=O) groups excluding carboxylic acids is 2.